The van der Waals surface area contributed by atoms with Crippen LogP contribution >= 0.6 is 11.8 Å². The third-order valence-corrected chi connectivity index (χ3v) is 4.25. The molecular weight excluding hydrogens is 302 g/mol. The van der Waals surface area contributed by atoms with Gasteiger partial charge in [-0.15, -0.1) is 0 Å². The van der Waals surface area contributed by atoms with Crippen molar-refractivity contribution in [1.82, 2.24) is 10.3 Å². The van der Waals surface area contributed by atoms with Crippen LogP contribution in [0.4, 0.5) is 0 Å². The minimum atomic E-state index is -0.101. The van der Waals surface area contributed by atoms with E-state index in [1.54, 1.807) is 26.5 Å². The summed E-state index contributed by atoms with van der Waals surface area (Å²) in [5, 5.41) is 3.99. The van der Waals surface area contributed by atoms with Crippen molar-refractivity contribution in [2.45, 2.75) is 0 Å². The number of carbonyl (C=O) groups is 1. The molecule has 1 saturated heterocycles. The third kappa shape index (κ3) is 4.92. The van der Waals surface area contributed by atoms with Gasteiger partial charge in [0, 0.05) is 36.2 Å². The van der Waals surface area contributed by atoms with Crippen LogP contribution in [0, 0.1) is 0 Å². The smallest absolute Gasteiger partial charge is 0.254 e. The molecule has 1 aliphatic rings. The molecule has 1 aliphatic heterocycles. The van der Waals surface area contributed by atoms with Gasteiger partial charge in [0.15, 0.2) is 0 Å². The van der Waals surface area contributed by atoms with E-state index in [1.807, 2.05) is 23.9 Å². The van der Waals surface area contributed by atoms with Crippen molar-refractivity contribution in [3.05, 3.63) is 23.8 Å². The Hall–Kier alpha value is -1.73. The van der Waals surface area contributed by atoms with Crippen molar-refractivity contribution >= 4 is 23.9 Å². The molecule has 1 N–H and O–H groups in total. The van der Waals surface area contributed by atoms with E-state index in [2.05, 4.69) is 15.4 Å². The number of hydrazone groups is 1. The summed E-state index contributed by atoms with van der Waals surface area (Å²) in [7, 11) is 3.18. The molecule has 22 heavy (non-hydrogen) atoms. The van der Waals surface area contributed by atoms with E-state index in [4.69, 9.17) is 9.47 Å². The summed E-state index contributed by atoms with van der Waals surface area (Å²) in [6.45, 7) is 2.29. The second-order valence-electron chi connectivity index (χ2n) is 4.79. The number of ether oxygens (including phenoxy) is 2. The first-order valence-electron chi connectivity index (χ1n) is 7.07. The summed E-state index contributed by atoms with van der Waals surface area (Å²) < 4.78 is 10.4. The molecule has 0 saturated carbocycles. The number of benzene rings is 1. The Morgan fingerprint density at radius 2 is 2.14 bits per heavy atom. The van der Waals surface area contributed by atoms with Crippen LogP contribution < -0.4 is 14.9 Å². The zero-order chi connectivity index (χ0) is 15.8. The Morgan fingerprint density at radius 1 is 1.36 bits per heavy atom. The highest BCUT2D eigenvalue weighted by atomic mass is 32.2. The SMILES string of the molecule is COc1ccc(/C=N\NC(=O)CN2CCSCC2)c(OC)c1. The largest absolute Gasteiger partial charge is 0.497 e. The Morgan fingerprint density at radius 3 is 2.82 bits per heavy atom. The number of thioether (sulfide) groups is 1. The molecule has 1 heterocycles. The van der Waals surface area contributed by atoms with Crippen LogP contribution in [-0.4, -0.2) is 62.4 Å². The standard InChI is InChI=1S/C15H21N3O3S/c1-20-13-4-3-12(14(9-13)21-2)10-16-17-15(19)11-18-5-7-22-8-6-18/h3-4,9-10H,5-8,11H2,1-2H3,(H,17,19)/b16-10-. The van der Waals surface area contributed by atoms with Crippen molar-refractivity contribution in [2.75, 3.05) is 45.4 Å². The number of rotatable bonds is 6. The number of amides is 1. The number of carbonyl (C=O) groups excluding carboxylic acids is 1. The number of methoxy groups -OCH3 is 2. The summed E-state index contributed by atoms with van der Waals surface area (Å²) in [6.07, 6.45) is 1.57. The van der Waals surface area contributed by atoms with Gasteiger partial charge in [-0.1, -0.05) is 0 Å². The molecule has 120 valence electrons. The molecule has 1 aromatic carbocycles. The summed E-state index contributed by atoms with van der Waals surface area (Å²) >= 11 is 1.92. The maximum absolute atomic E-state index is 11.8. The van der Waals surface area contributed by atoms with Gasteiger partial charge in [0.05, 0.1) is 27.0 Å². The van der Waals surface area contributed by atoms with E-state index in [-0.39, 0.29) is 5.91 Å². The quantitative estimate of drug-likeness (QED) is 0.630. The third-order valence-electron chi connectivity index (χ3n) is 3.30. The zero-order valence-corrected chi connectivity index (χ0v) is 13.7. The molecule has 0 bridgehead atoms. The molecule has 0 aromatic heterocycles. The molecule has 1 aromatic rings. The normalized spacial score (nSPS) is 15.7. The Kier molecular flexibility index (Phi) is 6.54. The minimum Gasteiger partial charge on any atom is -0.497 e. The summed E-state index contributed by atoms with van der Waals surface area (Å²) in [4.78, 5) is 14.0. The van der Waals surface area contributed by atoms with Gasteiger partial charge >= 0.3 is 0 Å². The van der Waals surface area contributed by atoms with Crippen molar-refractivity contribution in [3.63, 3.8) is 0 Å². The second kappa shape index (κ2) is 8.65. The first kappa shape index (κ1) is 16.6. The van der Waals surface area contributed by atoms with Crippen molar-refractivity contribution in [2.24, 2.45) is 5.10 Å². The van der Waals surface area contributed by atoms with Gasteiger partial charge in [0.2, 0.25) is 0 Å². The number of nitrogens with zero attached hydrogens (tertiary/aromatic N) is 2. The lowest BCUT2D eigenvalue weighted by Crippen LogP contribution is -2.40. The average molecular weight is 323 g/mol. The van der Waals surface area contributed by atoms with Crippen molar-refractivity contribution in [3.8, 4) is 11.5 Å². The molecule has 1 amide bonds. The Balaban J connectivity index is 1.87. The van der Waals surface area contributed by atoms with Crippen molar-refractivity contribution < 1.29 is 14.3 Å². The highest BCUT2D eigenvalue weighted by Crippen LogP contribution is 2.22. The second-order valence-corrected chi connectivity index (χ2v) is 6.01. The predicted molar refractivity (Wildman–Crippen MR) is 89.0 cm³/mol. The molecule has 0 aliphatic carbocycles. The van der Waals surface area contributed by atoms with E-state index >= 15 is 0 Å². The predicted octanol–water partition coefficient (Wildman–Crippen LogP) is 1.20. The van der Waals surface area contributed by atoms with Gasteiger partial charge in [0.25, 0.3) is 5.91 Å². The van der Waals surface area contributed by atoms with E-state index in [0.717, 1.165) is 30.2 Å². The van der Waals surface area contributed by atoms with Crippen LogP contribution in [0.15, 0.2) is 23.3 Å². The first-order valence-corrected chi connectivity index (χ1v) is 8.22. The maximum Gasteiger partial charge on any atom is 0.254 e. The fourth-order valence-corrected chi connectivity index (χ4v) is 3.08. The molecule has 2 rings (SSSR count). The minimum absolute atomic E-state index is 0.101. The van der Waals surface area contributed by atoms with Gasteiger partial charge in [0.1, 0.15) is 11.5 Å². The first-order chi connectivity index (χ1) is 10.7. The van der Waals surface area contributed by atoms with Gasteiger partial charge in [-0.25, -0.2) is 5.43 Å². The van der Waals surface area contributed by atoms with Crippen LogP contribution in [0.3, 0.4) is 0 Å². The lowest BCUT2D eigenvalue weighted by Gasteiger charge is -2.24. The fourth-order valence-electron chi connectivity index (χ4n) is 2.10. The highest BCUT2D eigenvalue weighted by molar-refractivity contribution is 7.99. The molecule has 0 unspecified atom stereocenters. The lowest BCUT2D eigenvalue weighted by atomic mass is 10.2. The van der Waals surface area contributed by atoms with Gasteiger partial charge in [-0.05, 0) is 12.1 Å². The van der Waals surface area contributed by atoms with Crippen LogP contribution in [0.1, 0.15) is 5.56 Å². The van der Waals surface area contributed by atoms with Crippen molar-refractivity contribution in [1.29, 1.82) is 0 Å². The fraction of sp³-hybridized carbons (Fsp3) is 0.467. The molecule has 6 nitrogen and oxygen atoms in total. The molecule has 7 heteroatoms. The zero-order valence-electron chi connectivity index (χ0n) is 12.9. The molecule has 1 fully saturated rings. The monoisotopic (exact) mass is 323 g/mol. The maximum atomic E-state index is 11.8. The Labute approximate surface area is 134 Å². The highest BCUT2D eigenvalue weighted by Gasteiger charge is 2.13. The van der Waals surface area contributed by atoms with Gasteiger partial charge in [-0.3, -0.25) is 9.69 Å². The summed E-state index contributed by atoms with van der Waals surface area (Å²) in [6, 6.07) is 5.42. The molecular formula is C15H21N3O3S. The van der Waals surface area contributed by atoms with E-state index in [0.29, 0.717) is 18.0 Å². The van der Waals surface area contributed by atoms with E-state index in [1.165, 1.54) is 0 Å². The van der Waals surface area contributed by atoms with Gasteiger partial charge in [-0.2, -0.15) is 16.9 Å². The number of nitrogens with one attached hydrogen (secondary N) is 1. The molecule has 0 radical (unpaired) electrons. The summed E-state index contributed by atoms with van der Waals surface area (Å²) in [5.74, 6) is 3.42. The molecule has 0 spiro atoms. The van der Waals surface area contributed by atoms with Crippen LogP contribution in [0.2, 0.25) is 0 Å². The van der Waals surface area contributed by atoms with Crippen LogP contribution in [0.5, 0.6) is 11.5 Å². The average Bonchev–Trinajstić information content (AvgIpc) is 2.56. The topological polar surface area (TPSA) is 63.2 Å². The van der Waals surface area contributed by atoms with Gasteiger partial charge < -0.3 is 9.47 Å². The Bertz CT molecular complexity index is 531. The summed E-state index contributed by atoms with van der Waals surface area (Å²) in [5.41, 5.74) is 3.33. The number of hydrogen-bond acceptors (Lipinski definition) is 6. The lowest BCUT2D eigenvalue weighted by molar-refractivity contribution is -0.122. The van der Waals surface area contributed by atoms with Crippen LogP contribution in [-0.2, 0) is 4.79 Å². The van der Waals surface area contributed by atoms with Crippen LogP contribution in [0.25, 0.3) is 0 Å². The van der Waals surface area contributed by atoms with E-state index in [9.17, 15) is 4.79 Å². The molecule has 0 atom stereocenters. The number of hydrogen-bond donors (Lipinski definition) is 1. The van der Waals surface area contributed by atoms with E-state index < -0.39 is 0 Å².